The van der Waals surface area contributed by atoms with E-state index in [1.54, 1.807) is 12.1 Å². The summed E-state index contributed by atoms with van der Waals surface area (Å²) in [5.41, 5.74) is 13.0. The molecule has 0 saturated carbocycles. The van der Waals surface area contributed by atoms with Crippen molar-refractivity contribution in [2.24, 2.45) is 0 Å². The van der Waals surface area contributed by atoms with Crippen LogP contribution in [0.3, 0.4) is 0 Å². The molecule has 0 aliphatic carbocycles. The minimum Gasteiger partial charge on any atom is -0.478 e. The summed E-state index contributed by atoms with van der Waals surface area (Å²) in [6, 6.07) is 9.88. The van der Waals surface area contributed by atoms with Crippen LogP contribution in [-0.2, 0) is 0 Å². The summed E-state index contributed by atoms with van der Waals surface area (Å²) in [7, 11) is 0. The van der Waals surface area contributed by atoms with Gasteiger partial charge in [0.15, 0.2) is 11.3 Å². The Morgan fingerprint density at radius 3 is 2.25 bits per heavy atom. The van der Waals surface area contributed by atoms with Crippen LogP contribution >= 0.6 is 11.6 Å². The number of nitrogens with zero attached hydrogens (tertiary/aromatic N) is 4. The minimum atomic E-state index is -1.23. The number of carboxylic acids is 2. The Kier molecular flexibility index (Phi) is 5.33. The fourth-order valence-corrected chi connectivity index (χ4v) is 4.21. The van der Waals surface area contributed by atoms with E-state index in [2.05, 4.69) is 15.0 Å². The normalized spacial score (nSPS) is 11.2. The number of hydrogen-bond donors (Lipinski definition) is 4. The highest BCUT2D eigenvalue weighted by Crippen LogP contribution is 2.31. The van der Waals surface area contributed by atoms with E-state index < -0.39 is 17.8 Å². The lowest BCUT2D eigenvalue weighted by Crippen LogP contribution is -2.36. The molecular formula is C24H15ClFN6O4+. The molecule has 0 fully saturated rings. The van der Waals surface area contributed by atoms with E-state index in [1.165, 1.54) is 47.6 Å². The third kappa shape index (κ3) is 3.67. The molecule has 0 spiro atoms. The highest BCUT2D eigenvalue weighted by molar-refractivity contribution is 6.32. The molecule has 0 aliphatic rings. The van der Waals surface area contributed by atoms with Gasteiger partial charge in [0.05, 0.1) is 16.5 Å². The second kappa shape index (κ2) is 8.40. The van der Waals surface area contributed by atoms with Gasteiger partial charge in [0.25, 0.3) is 0 Å². The summed E-state index contributed by atoms with van der Waals surface area (Å²) >= 11 is 6.06. The lowest BCUT2D eigenvalue weighted by atomic mass is 9.99. The number of nitrogens with two attached hydrogens (primary N) is 2. The number of carboxylic acid groups (broad SMARTS) is 2. The number of benzene rings is 3. The highest BCUT2D eigenvalue weighted by atomic mass is 35.5. The minimum absolute atomic E-state index is 0.0282. The Hall–Kier alpha value is -4.90. The molecule has 2 aromatic heterocycles. The number of carbonyl (C=O) groups is 2. The molecule has 6 N–H and O–H groups in total. The topological polar surface area (TPSA) is 169 Å². The number of nitrogen functional groups attached to an aromatic ring is 2. The van der Waals surface area contributed by atoms with Crippen LogP contribution in [0.4, 0.5) is 16.0 Å². The molecule has 5 aromatic rings. The maximum atomic E-state index is 15.4. The molecule has 0 bridgehead atoms. The van der Waals surface area contributed by atoms with Crippen molar-refractivity contribution in [3.63, 3.8) is 0 Å². The number of halogens is 2. The summed E-state index contributed by atoms with van der Waals surface area (Å²) in [5, 5.41) is 19.8. The van der Waals surface area contributed by atoms with E-state index in [-0.39, 0.29) is 49.9 Å². The van der Waals surface area contributed by atoms with Crippen LogP contribution in [0.2, 0.25) is 5.02 Å². The van der Waals surface area contributed by atoms with Crippen LogP contribution in [0.1, 0.15) is 20.7 Å². The van der Waals surface area contributed by atoms with Gasteiger partial charge in [-0.15, -0.1) is 4.98 Å². The molecule has 0 atom stereocenters. The SMILES string of the molecule is Nc1ncnc2c(C(=O)O)cc(-c3ccc(-[n+]4cnc5c(C(=O)O)cc(Cl)cc5c4N)c(F)c3)cc12. The van der Waals surface area contributed by atoms with Crippen molar-refractivity contribution in [1.82, 2.24) is 15.0 Å². The van der Waals surface area contributed by atoms with Crippen LogP contribution in [0.25, 0.3) is 38.6 Å². The monoisotopic (exact) mass is 505 g/mol. The smallest absolute Gasteiger partial charge is 0.339 e. The number of rotatable bonds is 4. The van der Waals surface area contributed by atoms with Gasteiger partial charge in [-0.05, 0) is 47.5 Å². The second-order valence-corrected chi connectivity index (χ2v) is 8.24. The maximum absolute atomic E-state index is 15.4. The molecule has 12 heteroatoms. The van der Waals surface area contributed by atoms with Crippen molar-refractivity contribution < 1.29 is 28.8 Å². The van der Waals surface area contributed by atoms with Gasteiger partial charge in [-0.2, -0.15) is 4.57 Å². The Bertz CT molecular complexity index is 1760. The fourth-order valence-electron chi connectivity index (χ4n) is 3.99. The van der Waals surface area contributed by atoms with Gasteiger partial charge in [0.2, 0.25) is 12.1 Å². The van der Waals surface area contributed by atoms with Crippen molar-refractivity contribution >= 4 is 57.0 Å². The number of aromatic nitrogens is 4. The summed E-state index contributed by atoms with van der Waals surface area (Å²) in [4.78, 5) is 35.4. The van der Waals surface area contributed by atoms with Crippen molar-refractivity contribution in [2.75, 3.05) is 11.5 Å². The van der Waals surface area contributed by atoms with Crippen molar-refractivity contribution in [3.8, 4) is 16.8 Å². The maximum Gasteiger partial charge on any atom is 0.339 e. The van der Waals surface area contributed by atoms with Crippen molar-refractivity contribution in [2.45, 2.75) is 0 Å². The molecule has 5 rings (SSSR count). The van der Waals surface area contributed by atoms with Crippen LogP contribution in [-0.4, -0.2) is 37.1 Å². The predicted octanol–water partition coefficient (Wildman–Crippen LogP) is 3.48. The van der Waals surface area contributed by atoms with Crippen molar-refractivity contribution in [1.29, 1.82) is 0 Å². The Balaban J connectivity index is 1.66. The van der Waals surface area contributed by atoms with Gasteiger partial charge in [0, 0.05) is 10.4 Å². The van der Waals surface area contributed by atoms with E-state index in [1.807, 2.05) is 0 Å². The molecule has 0 radical (unpaired) electrons. The number of anilines is 2. The number of hydrogen-bond acceptors (Lipinski definition) is 7. The molecule has 0 aliphatic heterocycles. The molecule has 0 unspecified atom stereocenters. The van der Waals surface area contributed by atoms with Gasteiger partial charge in [-0.25, -0.2) is 23.9 Å². The Morgan fingerprint density at radius 2 is 1.56 bits per heavy atom. The van der Waals surface area contributed by atoms with E-state index in [0.717, 1.165) is 0 Å². The summed E-state index contributed by atoms with van der Waals surface area (Å²) < 4.78 is 16.6. The van der Waals surface area contributed by atoms with E-state index in [9.17, 15) is 19.8 Å². The van der Waals surface area contributed by atoms with Crippen LogP contribution in [0.5, 0.6) is 0 Å². The molecule has 178 valence electrons. The lowest BCUT2D eigenvalue weighted by Gasteiger charge is -2.11. The largest absolute Gasteiger partial charge is 0.478 e. The molecule has 10 nitrogen and oxygen atoms in total. The molecular weight excluding hydrogens is 491 g/mol. The first-order chi connectivity index (χ1) is 17.2. The van der Waals surface area contributed by atoms with E-state index in [4.69, 9.17) is 23.1 Å². The van der Waals surface area contributed by atoms with Crippen LogP contribution in [0.15, 0.2) is 55.1 Å². The highest BCUT2D eigenvalue weighted by Gasteiger charge is 2.22. The number of fused-ring (bicyclic) bond motifs is 2. The predicted molar refractivity (Wildman–Crippen MR) is 130 cm³/mol. The molecule has 0 amide bonds. The molecule has 36 heavy (non-hydrogen) atoms. The van der Waals surface area contributed by atoms with E-state index >= 15 is 4.39 Å². The third-order valence-corrected chi connectivity index (χ3v) is 5.90. The second-order valence-electron chi connectivity index (χ2n) is 7.80. The quantitative estimate of drug-likeness (QED) is 0.267. The van der Waals surface area contributed by atoms with Crippen molar-refractivity contribution in [3.05, 3.63) is 77.1 Å². The van der Waals surface area contributed by atoms with Gasteiger partial charge in [-0.3, -0.25) is 0 Å². The summed E-state index contributed by atoms with van der Waals surface area (Å²) in [6.07, 6.45) is 2.39. The van der Waals surface area contributed by atoms with Gasteiger partial charge < -0.3 is 21.7 Å². The third-order valence-electron chi connectivity index (χ3n) is 5.68. The standard InChI is InChI=1S/C24H14ClFN6O4/c25-12-6-14-20(16(7-12)24(35)36)31-9-32(22(14)28)18-2-1-10(5-17(18)26)11-3-13-19(15(4-11)23(33)34)29-8-30-21(13)27/h1-9,28H,(H4,27,29,30,33,34,35,36)/p+1. The van der Waals surface area contributed by atoms with Crippen LogP contribution < -0.4 is 16.0 Å². The summed E-state index contributed by atoms with van der Waals surface area (Å²) in [5.74, 6) is -3.03. The van der Waals surface area contributed by atoms with E-state index in [0.29, 0.717) is 16.5 Å². The number of aromatic carboxylic acids is 2. The van der Waals surface area contributed by atoms with Gasteiger partial charge in [0.1, 0.15) is 23.4 Å². The zero-order valence-corrected chi connectivity index (χ0v) is 18.9. The average Bonchev–Trinajstić information content (AvgIpc) is 2.84. The zero-order chi connectivity index (χ0) is 25.7. The fraction of sp³-hybridized carbons (Fsp3) is 0. The van der Waals surface area contributed by atoms with Gasteiger partial charge in [-0.1, -0.05) is 17.7 Å². The first-order valence-electron chi connectivity index (χ1n) is 10.3. The zero-order valence-electron chi connectivity index (χ0n) is 18.1. The lowest BCUT2D eigenvalue weighted by molar-refractivity contribution is -0.584. The molecule has 0 saturated heterocycles. The molecule has 2 heterocycles. The van der Waals surface area contributed by atoms with Gasteiger partial charge >= 0.3 is 11.9 Å². The Labute approximate surface area is 206 Å². The Morgan fingerprint density at radius 1 is 0.861 bits per heavy atom. The van der Waals surface area contributed by atoms with Crippen LogP contribution in [0, 0.1) is 5.82 Å². The first-order valence-corrected chi connectivity index (χ1v) is 10.6. The first kappa shape index (κ1) is 22.9. The summed E-state index contributed by atoms with van der Waals surface area (Å²) in [6.45, 7) is 0. The molecule has 3 aromatic carbocycles. The average molecular weight is 506 g/mol.